The fourth-order valence-electron chi connectivity index (χ4n) is 3.81. The van der Waals surface area contributed by atoms with Crippen molar-refractivity contribution >= 4 is 23.3 Å². The second-order valence-electron chi connectivity index (χ2n) is 7.95. The number of ketones is 3. The first kappa shape index (κ1) is 24.9. The summed E-state index contributed by atoms with van der Waals surface area (Å²) in [5.41, 5.74) is 0.305. The predicted molar refractivity (Wildman–Crippen MR) is 112 cm³/mol. The van der Waals surface area contributed by atoms with Crippen LogP contribution < -0.4 is 0 Å². The summed E-state index contributed by atoms with van der Waals surface area (Å²) in [6.45, 7) is -1.26. The molecule has 1 saturated heterocycles. The zero-order valence-corrected chi connectivity index (χ0v) is 18.2. The number of fused-ring (bicyclic) bond motifs is 2. The van der Waals surface area contributed by atoms with Crippen molar-refractivity contribution in [3.63, 3.8) is 0 Å². The minimum atomic E-state index is -1.61. The van der Waals surface area contributed by atoms with Crippen LogP contribution in [0.5, 0.6) is 0 Å². The third-order valence-corrected chi connectivity index (χ3v) is 5.66. The summed E-state index contributed by atoms with van der Waals surface area (Å²) in [5.74, 6) is -3.35. The van der Waals surface area contributed by atoms with Crippen molar-refractivity contribution in [2.24, 2.45) is 0 Å². The number of esters is 1. The lowest BCUT2D eigenvalue weighted by atomic mass is 9.88. The van der Waals surface area contributed by atoms with Crippen molar-refractivity contribution in [3.05, 3.63) is 58.5 Å². The van der Waals surface area contributed by atoms with Crippen molar-refractivity contribution < 1.29 is 58.2 Å². The molecule has 1 aromatic carbocycles. The van der Waals surface area contributed by atoms with Crippen LogP contribution in [0.1, 0.15) is 49.0 Å². The molecular weight excluding hydrogens is 468 g/mol. The first-order valence-corrected chi connectivity index (χ1v) is 10.7. The van der Waals surface area contributed by atoms with Gasteiger partial charge >= 0.3 is 5.97 Å². The number of rotatable bonds is 8. The third kappa shape index (κ3) is 4.80. The molecule has 1 aliphatic heterocycles. The molecule has 1 fully saturated rings. The number of aliphatic hydroxyl groups is 4. The molecule has 5 atom stereocenters. The molecule has 12 heteroatoms. The number of carbonyl (C=O) groups is 4. The fraction of sp³-hybridized carbons (Fsp3) is 0.391. The lowest BCUT2D eigenvalue weighted by Crippen LogP contribution is -2.59. The molecule has 0 spiro atoms. The normalized spacial score (nSPS) is 25.7. The third-order valence-electron chi connectivity index (χ3n) is 5.66. The summed E-state index contributed by atoms with van der Waals surface area (Å²) >= 11 is 0. The van der Waals surface area contributed by atoms with Gasteiger partial charge in [-0.2, -0.15) is 0 Å². The number of ether oxygens (including phenoxy) is 3. The first-order valence-electron chi connectivity index (χ1n) is 10.7. The zero-order chi connectivity index (χ0) is 25.3. The van der Waals surface area contributed by atoms with Gasteiger partial charge in [0.25, 0.3) is 0 Å². The van der Waals surface area contributed by atoms with Crippen molar-refractivity contribution in [2.45, 2.75) is 37.1 Å². The fourth-order valence-corrected chi connectivity index (χ4v) is 3.81. The average Bonchev–Trinajstić information content (AvgIpc) is 3.31. The second kappa shape index (κ2) is 10.2. The smallest absolute Gasteiger partial charge is 0.313 e. The molecule has 0 saturated carbocycles. The molecule has 0 bridgehead atoms. The largest absolute Gasteiger partial charge is 0.463 e. The van der Waals surface area contributed by atoms with Crippen LogP contribution >= 0.6 is 0 Å². The molecule has 12 nitrogen and oxygen atoms in total. The number of benzene rings is 1. The molecule has 1 unspecified atom stereocenters. The molecule has 186 valence electrons. The van der Waals surface area contributed by atoms with Crippen LogP contribution in [0, 0.1) is 0 Å². The highest BCUT2D eigenvalue weighted by Gasteiger charge is 2.44. The minimum absolute atomic E-state index is 0.0571. The number of hydrogen-bond donors (Lipinski definition) is 4. The van der Waals surface area contributed by atoms with Gasteiger partial charge in [-0.3, -0.25) is 19.2 Å². The molecule has 1 aliphatic carbocycles. The van der Waals surface area contributed by atoms with Gasteiger partial charge in [-0.15, -0.1) is 0 Å². The van der Waals surface area contributed by atoms with Crippen molar-refractivity contribution in [2.75, 3.05) is 19.8 Å². The topological polar surface area (TPSA) is 190 Å². The van der Waals surface area contributed by atoms with Gasteiger partial charge in [-0.05, 0) is 6.07 Å². The van der Waals surface area contributed by atoms with E-state index in [0.29, 0.717) is 0 Å². The Bertz CT molecular complexity index is 1100. The van der Waals surface area contributed by atoms with Gasteiger partial charge in [0.15, 0.2) is 23.6 Å². The Morgan fingerprint density at radius 2 is 1.60 bits per heavy atom. The highest BCUT2D eigenvalue weighted by atomic mass is 16.7. The number of carbonyl (C=O) groups excluding carboxylic acids is 4. The summed E-state index contributed by atoms with van der Waals surface area (Å²) in [6.07, 6.45) is -8.03. The zero-order valence-electron chi connectivity index (χ0n) is 18.2. The van der Waals surface area contributed by atoms with E-state index in [1.165, 1.54) is 12.1 Å². The van der Waals surface area contributed by atoms with Gasteiger partial charge in [-0.1, -0.05) is 24.3 Å². The molecule has 4 rings (SSSR count). The van der Waals surface area contributed by atoms with E-state index in [2.05, 4.69) is 0 Å². The molecular formula is C23H22O12. The van der Waals surface area contributed by atoms with Gasteiger partial charge in [0.2, 0.25) is 11.6 Å². The number of furan rings is 1. The summed E-state index contributed by atoms with van der Waals surface area (Å²) in [6, 6.07) is 7.31. The van der Waals surface area contributed by atoms with Gasteiger partial charge in [-0.25, -0.2) is 0 Å². The highest BCUT2D eigenvalue weighted by Crippen LogP contribution is 2.30. The molecule has 35 heavy (non-hydrogen) atoms. The first-order chi connectivity index (χ1) is 16.7. The van der Waals surface area contributed by atoms with Gasteiger partial charge < -0.3 is 39.1 Å². The van der Waals surface area contributed by atoms with E-state index >= 15 is 0 Å². The van der Waals surface area contributed by atoms with E-state index in [0.717, 1.165) is 6.07 Å². The molecule has 0 radical (unpaired) electrons. The highest BCUT2D eigenvalue weighted by molar-refractivity contribution is 6.28. The predicted octanol–water partition coefficient (Wildman–Crippen LogP) is -1.01. The molecule has 0 amide bonds. The molecule has 2 aromatic rings. The number of aliphatic hydroxyl groups excluding tert-OH is 4. The monoisotopic (exact) mass is 490 g/mol. The van der Waals surface area contributed by atoms with E-state index in [-0.39, 0.29) is 41.4 Å². The van der Waals surface area contributed by atoms with E-state index in [1.807, 2.05) is 0 Å². The Hall–Kier alpha value is -3.26. The summed E-state index contributed by atoms with van der Waals surface area (Å²) < 4.78 is 20.5. The Kier molecular flexibility index (Phi) is 7.21. The molecule has 1 aromatic heterocycles. The van der Waals surface area contributed by atoms with Crippen LogP contribution in [0.3, 0.4) is 0 Å². The number of Topliss-reactive ketones (excluding diaryl/α,β-unsaturated/α-hetero) is 1. The van der Waals surface area contributed by atoms with Crippen molar-refractivity contribution in [1.82, 2.24) is 0 Å². The molecule has 2 aliphatic rings. The Morgan fingerprint density at radius 3 is 2.29 bits per heavy atom. The van der Waals surface area contributed by atoms with Gasteiger partial charge in [0, 0.05) is 11.1 Å². The second-order valence-corrected chi connectivity index (χ2v) is 7.95. The van der Waals surface area contributed by atoms with E-state index < -0.39 is 67.1 Å². The van der Waals surface area contributed by atoms with Gasteiger partial charge in [0.05, 0.1) is 18.8 Å². The summed E-state index contributed by atoms with van der Waals surface area (Å²) in [4.78, 5) is 49.7. The van der Waals surface area contributed by atoms with E-state index in [9.17, 15) is 34.5 Å². The molecule has 4 N–H and O–H groups in total. The average molecular weight is 490 g/mol. The maximum absolute atomic E-state index is 12.6. The quantitative estimate of drug-likeness (QED) is 0.130. The van der Waals surface area contributed by atoms with Crippen LogP contribution in [0.15, 0.2) is 34.7 Å². The van der Waals surface area contributed by atoms with E-state index in [4.69, 9.17) is 23.7 Å². The Balaban J connectivity index is 1.29. The SMILES string of the molecule is O=C(CC(=O)c1cc2c(o1)C(=O)c1ccccc1C2=O)OCCOC1O[C@H](CO)[C@@H](O)[C@H](O)[C@H]1O. The van der Waals surface area contributed by atoms with Crippen molar-refractivity contribution in [3.8, 4) is 0 Å². The standard InChI is InChI=1S/C23H22O12/c24-9-15-19(29)20(30)21(31)23(35-15)33-6-5-32-16(26)8-13(25)14-7-12-17(27)10-3-1-2-4-11(10)18(28)22(12)34-14/h1-4,7,15,19-21,23-24,29-31H,5-6,8-9H2/t15-,19-,20+,21-,23?/m1/s1. The minimum Gasteiger partial charge on any atom is -0.463 e. The summed E-state index contributed by atoms with van der Waals surface area (Å²) in [7, 11) is 0. The Morgan fingerprint density at radius 1 is 0.914 bits per heavy atom. The Labute approximate surface area is 197 Å². The van der Waals surface area contributed by atoms with Crippen LogP contribution in [-0.4, -0.2) is 94.3 Å². The van der Waals surface area contributed by atoms with E-state index in [1.54, 1.807) is 12.1 Å². The number of hydrogen-bond acceptors (Lipinski definition) is 12. The van der Waals surface area contributed by atoms with Crippen LogP contribution in [-0.2, 0) is 19.0 Å². The van der Waals surface area contributed by atoms with Crippen LogP contribution in [0.4, 0.5) is 0 Å². The summed E-state index contributed by atoms with van der Waals surface area (Å²) in [5, 5.41) is 38.5. The lowest BCUT2D eigenvalue weighted by Gasteiger charge is -2.39. The van der Waals surface area contributed by atoms with Crippen molar-refractivity contribution in [1.29, 1.82) is 0 Å². The van der Waals surface area contributed by atoms with Gasteiger partial charge in [0.1, 0.15) is 37.4 Å². The molecule has 2 heterocycles. The lowest BCUT2D eigenvalue weighted by molar-refractivity contribution is -0.302. The van der Waals surface area contributed by atoms with Crippen LogP contribution in [0.2, 0.25) is 0 Å². The maximum atomic E-state index is 12.6. The maximum Gasteiger partial charge on any atom is 0.313 e. The van der Waals surface area contributed by atoms with Crippen LogP contribution in [0.25, 0.3) is 0 Å².